The Morgan fingerprint density at radius 2 is 2.00 bits per heavy atom. The van der Waals surface area contributed by atoms with Gasteiger partial charge in [0.25, 0.3) is 0 Å². The molecule has 0 saturated heterocycles. The van der Waals surface area contributed by atoms with Crippen molar-refractivity contribution in [2.24, 2.45) is 0 Å². The van der Waals surface area contributed by atoms with Crippen LogP contribution in [0.4, 0.5) is 0 Å². The second-order valence-electron chi connectivity index (χ2n) is 4.73. The first-order valence-electron chi connectivity index (χ1n) is 6.29. The molecule has 0 fully saturated rings. The van der Waals surface area contributed by atoms with Crippen LogP contribution in [0, 0.1) is 6.92 Å². The number of aryl methyl sites for hydroxylation is 1. The number of pyridine rings is 1. The molecule has 0 amide bonds. The highest BCUT2D eigenvalue weighted by Gasteiger charge is 2.09. The molecule has 19 heavy (non-hydrogen) atoms. The summed E-state index contributed by atoms with van der Waals surface area (Å²) >= 11 is 0. The number of benzene rings is 1. The molecule has 0 N–H and O–H groups in total. The van der Waals surface area contributed by atoms with E-state index in [9.17, 15) is 4.79 Å². The van der Waals surface area contributed by atoms with Crippen LogP contribution < -0.4 is 4.74 Å². The number of carbonyl (C=O) groups is 1. The fourth-order valence-electron chi connectivity index (χ4n) is 1.83. The van der Waals surface area contributed by atoms with Crippen LogP contribution >= 0.6 is 0 Å². The minimum absolute atomic E-state index is 0.0826. The molecule has 0 aliphatic heterocycles. The van der Waals surface area contributed by atoms with E-state index in [4.69, 9.17) is 4.74 Å². The number of ether oxygens (including phenoxy) is 1. The molecule has 0 spiro atoms. The van der Waals surface area contributed by atoms with Gasteiger partial charge in [0.1, 0.15) is 12.0 Å². The van der Waals surface area contributed by atoms with Gasteiger partial charge in [0.2, 0.25) is 0 Å². The van der Waals surface area contributed by atoms with Gasteiger partial charge in [0.15, 0.2) is 0 Å². The Bertz CT molecular complexity index is 574. The van der Waals surface area contributed by atoms with Gasteiger partial charge < -0.3 is 4.74 Å². The van der Waals surface area contributed by atoms with Crippen molar-refractivity contribution in [1.82, 2.24) is 4.98 Å². The smallest absolute Gasteiger partial charge is 0.150 e. The molecular formula is C16H17NO2. The van der Waals surface area contributed by atoms with Crippen molar-refractivity contribution >= 4 is 6.29 Å². The zero-order valence-electron chi connectivity index (χ0n) is 11.4. The van der Waals surface area contributed by atoms with E-state index in [1.54, 1.807) is 12.3 Å². The summed E-state index contributed by atoms with van der Waals surface area (Å²) in [6.07, 6.45) is 2.72. The van der Waals surface area contributed by atoms with Crippen LogP contribution in [0.5, 0.6) is 5.75 Å². The fourth-order valence-corrected chi connectivity index (χ4v) is 1.83. The first kappa shape index (κ1) is 13.3. The van der Waals surface area contributed by atoms with Gasteiger partial charge in [-0.1, -0.05) is 6.07 Å². The largest absolute Gasteiger partial charge is 0.490 e. The molecule has 3 nitrogen and oxygen atoms in total. The van der Waals surface area contributed by atoms with Crippen LogP contribution in [-0.2, 0) is 0 Å². The van der Waals surface area contributed by atoms with Crippen molar-refractivity contribution in [3.05, 3.63) is 47.8 Å². The van der Waals surface area contributed by atoms with Crippen LogP contribution in [0.15, 0.2) is 36.5 Å². The number of hydrogen-bond acceptors (Lipinski definition) is 3. The summed E-state index contributed by atoms with van der Waals surface area (Å²) < 4.78 is 5.79. The van der Waals surface area contributed by atoms with E-state index in [1.165, 1.54) is 0 Å². The zero-order chi connectivity index (χ0) is 13.8. The van der Waals surface area contributed by atoms with Gasteiger partial charge in [-0.3, -0.25) is 9.78 Å². The van der Waals surface area contributed by atoms with Crippen LogP contribution in [0.1, 0.15) is 29.9 Å². The Hall–Kier alpha value is -2.16. The maximum absolute atomic E-state index is 10.9. The van der Waals surface area contributed by atoms with Gasteiger partial charge in [-0.15, -0.1) is 0 Å². The number of aldehydes is 1. The summed E-state index contributed by atoms with van der Waals surface area (Å²) in [5.41, 5.74) is 3.43. The molecule has 3 heteroatoms. The van der Waals surface area contributed by atoms with E-state index in [-0.39, 0.29) is 6.10 Å². The Morgan fingerprint density at radius 1 is 1.21 bits per heavy atom. The standard InChI is InChI=1S/C16H17NO2/c1-11(2)19-16-7-5-13(10-18)8-15(16)14-6-4-12(3)17-9-14/h4-11H,1-3H3. The first-order valence-corrected chi connectivity index (χ1v) is 6.29. The summed E-state index contributed by atoms with van der Waals surface area (Å²) in [4.78, 5) is 15.2. The number of carbonyl (C=O) groups excluding carboxylic acids is 1. The van der Waals surface area contributed by atoms with E-state index in [1.807, 2.05) is 45.0 Å². The summed E-state index contributed by atoms with van der Waals surface area (Å²) in [5.74, 6) is 0.770. The number of aromatic nitrogens is 1. The molecule has 0 atom stereocenters. The van der Waals surface area contributed by atoms with E-state index >= 15 is 0 Å². The second kappa shape index (κ2) is 5.65. The molecule has 0 aliphatic rings. The average molecular weight is 255 g/mol. The third-order valence-corrected chi connectivity index (χ3v) is 2.72. The first-order chi connectivity index (χ1) is 9.10. The lowest BCUT2D eigenvalue weighted by Gasteiger charge is -2.14. The van der Waals surface area contributed by atoms with Gasteiger partial charge in [-0.25, -0.2) is 0 Å². The molecule has 98 valence electrons. The third kappa shape index (κ3) is 3.19. The summed E-state index contributed by atoms with van der Waals surface area (Å²) in [6.45, 7) is 5.90. The summed E-state index contributed by atoms with van der Waals surface area (Å²) in [6, 6.07) is 9.35. The lowest BCUT2D eigenvalue weighted by atomic mass is 10.0. The predicted octanol–water partition coefficient (Wildman–Crippen LogP) is 3.66. The number of nitrogens with zero attached hydrogens (tertiary/aromatic N) is 1. The Labute approximate surface area is 113 Å². The maximum atomic E-state index is 10.9. The Morgan fingerprint density at radius 3 is 2.58 bits per heavy atom. The SMILES string of the molecule is Cc1ccc(-c2cc(C=O)ccc2OC(C)C)cn1. The minimum atomic E-state index is 0.0826. The molecule has 1 aromatic carbocycles. The monoisotopic (exact) mass is 255 g/mol. The highest BCUT2D eigenvalue weighted by Crippen LogP contribution is 2.31. The Balaban J connectivity index is 2.51. The van der Waals surface area contributed by atoms with E-state index in [0.29, 0.717) is 5.56 Å². The Kier molecular flexibility index (Phi) is 3.95. The van der Waals surface area contributed by atoms with Gasteiger partial charge in [0.05, 0.1) is 6.10 Å². The van der Waals surface area contributed by atoms with Gasteiger partial charge >= 0.3 is 0 Å². The molecule has 1 heterocycles. The van der Waals surface area contributed by atoms with Crippen molar-refractivity contribution in [2.45, 2.75) is 26.9 Å². The highest BCUT2D eigenvalue weighted by molar-refractivity contribution is 5.81. The molecular weight excluding hydrogens is 238 g/mol. The predicted molar refractivity (Wildman–Crippen MR) is 75.6 cm³/mol. The zero-order valence-corrected chi connectivity index (χ0v) is 11.4. The van der Waals surface area contributed by atoms with Gasteiger partial charge in [-0.05, 0) is 45.0 Å². The maximum Gasteiger partial charge on any atom is 0.150 e. The molecule has 0 bridgehead atoms. The fraction of sp³-hybridized carbons (Fsp3) is 0.250. The number of hydrogen-bond donors (Lipinski definition) is 0. The lowest BCUT2D eigenvalue weighted by molar-refractivity contribution is 0.112. The topological polar surface area (TPSA) is 39.2 Å². The molecule has 0 aliphatic carbocycles. The molecule has 2 rings (SSSR count). The molecule has 0 unspecified atom stereocenters. The van der Waals surface area contributed by atoms with Crippen molar-refractivity contribution in [1.29, 1.82) is 0 Å². The summed E-state index contributed by atoms with van der Waals surface area (Å²) in [5, 5.41) is 0. The normalized spacial score (nSPS) is 10.5. The van der Waals surface area contributed by atoms with Crippen LogP contribution in [-0.4, -0.2) is 17.4 Å². The van der Waals surface area contributed by atoms with Crippen molar-refractivity contribution in [3.63, 3.8) is 0 Å². The highest BCUT2D eigenvalue weighted by atomic mass is 16.5. The van der Waals surface area contributed by atoms with E-state index in [2.05, 4.69) is 4.98 Å². The molecule has 1 aromatic heterocycles. The van der Waals surface area contributed by atoms with Crippen LogP contribution in [0.25, 0.3) is 11.1 Å². The molecule has 2 aromatic rings. The lowest BCUT2D eigenvalue weighted by Crippen LogP contribution is -2.06. The van der Waals surface area contributed by atoms with Crippen molar-refractivity contribution in [3.8, 4) is 16.9 Å². The number of rotatable bonds is 4. The molecule has 0 radical (unpaired) electrons. The van der Waals surface area contributed by atoms with E-state index in [0.717, 1.165) is 28.9 Å². The van der Waals surface area contributed by atoms with Crippen LogP contribution in [0.3, 0.4) is 0 Å². The van der Waals surface area contributed by atoms with Crippen LogP contribution in [0.2, 0.25) is 0 Å². The minimum Gasteiger partial charge on any atom is -0.490 e. The quantitative estimate of drug-likeness (QED) is 0.783. The summed E-state index contributed by atoms with van der Waals surface area (Å²) in [7, 11) is 0. The van der Waals surface area contributed by atoms with Crippen molar-refractivity contribution in [2.75, 3.05) is 0 Å². The average Bonchev–Trinajstić information content (AvgIpc) is 2.40. The van der Waals surface area contributed by atoms with Gasteiger partial charge in [-0.2, -0.15) is 0 Å². The third-order valence-electron chi connectivity index (χ3n) is 2.72. The van der Waals surface area contributed by atoms with Crippen molar-refractivity contribution < 1.29 is 9.53 Å². The second-order valence-corrected chi connectivity index (χ2v) is 4.73. The van der Waals surface area contributed by atoms with Gasteiger partial charge in [0, 0.05) is 28.6 Å². The van der Waals surface area contributed by atoms with E-state index < -0.39 is 0 Å². The molecule has 0 saturated carbocycles.